The minimum absolute atomic E-state index is 0.0792. The van der Waals surface area contributed by atoms with Crippen LogP contribution in [0.5, 0.6) is 17.2 Å². The molecule has 0 unspecified atom stereocenters. The molecule has 23 heavy (non-hydrogen) atoms. The van der Waals surface area contributed by atoms with Crippen LogP contribution in [-0.4, -0.2) is 23.5 Å². The maximum absolute atomic E-state index is 12.3. The second kappa shape index (κ2) is 7.98. The zero-order chi connectivity index (χ0) is 16.7. The number of aliphatic carboxylic acids is 1. The van der Waals surface area contributed by atoms with E-state index in [0.29, 0.717) is 29.4 Å². The van der Waals surface area contributed by atoms with Crippen LogP contribution >= 0.6 is 0 Å². The summed E-state index contributed by atoms with van der Waals surface area (Å²) in [6.07, 6.45) is -0.293. The van der Waals surface area contributed by atoms with E-state index in [-0.39, 0.29) is 18.6 Å². The molecule has 0 aliphatic rings. The van der Waals surface area contributed by atoms with Crippen LogP contribution in [0.2, 0.25) is 0 Å². The van der Waals surface area contributed by atoms with Crippen molar-refractivity contribution in [2.45, 2.75) is 19.8 Å². The second-order valence-electron chi connectivity index (χ2n) is 4.82. The molecule has 0 aliphatic heterocycles. The fourth-order valence-electron chi connectivity index (χ4n) is 2.05. The predicted octanol–water partition coefficient (Wildman–Crippen LogP) is 3.93. The number of Topliss-reactive ketones (excluding diaryl/α,β-unsaturated/α-hetero) is 1. The summed E-state index contributed by atoms with van der Waals surface area (Å²) < 4.78 is 11.2. The summed E-state index contributed by atoms with van der Waals surface area (Å²) in [5.74, 6) is 0.296. The molecule has 0 radical (unpaired) electrons. The van der Waals surface area contributed by atoms with Crippen molar-refractivity contribution in [1.82, 2.24) is 0 Å². The van der Waals surface area contributed by atoms with E-state index in [0.717, 1.165) is 0 Å². The molecule has 5 heteroatoms. The van der Waals surface area contributed by atoms with Crippen LogP contribution < -0.4 is 9.47 Å². The number of ketones is 1. The maximum atomic E-state index is 12.3. The quantitative estimate of drug-likeness (QED) is 0.747. The van der Waals surface area contributed by atoms with Gasteiger partial charge in [-0.05, 0) is 37.3 Å². The first-order chi connectivity index (χ1) is 11.1. The fraction of sp³-hybridized carbons (Fsp3) is 0.222. The molecule has 0 spiro atoms. The Morgan fingerprint density at radius 2 is 1.74 bits per heavy atom. The van der Waals surface area contributed by atoms with E-state index in [2.05, 4.69) is 0 Å². The molecular weight excluding hydrogens is 296 g/mol. The van der Waals surface area contributed by atoms with Crippen LogP contribution in [0.1, 0.15) is 30.1 Å². The molecule has 120 valence electrons. The Bertz CT molecular complexity index is 679. The number of rotatable bonds is 8. The van der Waals surface area contributed by atoms with E-state index < -0.39 is 5.97 Å². The monoisotopic (exact) mass is 314 g/mol. The van der Waals surface area contributed by atoms with Crippen molar-refractivity contribution in [3.05, 3.63) is 54.1 Å². The lowest BCUT2D eigenvalue weighted by Gasteiger charge is -2.12. The van der Waals surface area contributed by atoms with Gasteiger partial charge in [0.25, 0.3) is 0 Å². The smallest absolute Gasteiger partial charge is 0.303 e. The van der Waals surface area contributed by atoms with Crippen LogP contribution in [0.3, 0.4) is 0 Å². The Hall–Kier alpha value is -2.82. The van der Waals surface area contributed by atoms with E-state index in [9.17, 15) is 9.59 Å². The van der Waals surface area contributed by atoms with Gasteiger partial charge in [0.1, 0.15) is 17.2 Å². The highest BCUT2D eigenvalue weighted by atomic mass is 16.5. The molecule has 0 amide bonds. The largest absolute Gasteiger partial charge is 0.493 e. The second-order valence-corrected chi connectivity index (χ2v) is 4.82. The molecule has 0 saturated heterocycles. The minimum Gasteiger partial charge on any atom is -0.493 e. The number of carbonyl (C=O) groups is 2. The van der Waals surface area contributed by atoms with Crippen molar-refractivity contribution in [2.75, 3.05) is 6.61 Å². The molecule has 0 aliphatic carbocycles. The van der Waals surface area contributed by atoms with E-state index in [1.54, 1.807) is 18.2 Å². The molecule has 0 fully saturated rings. The molecule has 5 nitrogen and oxygen atoms in total. The van der Waals surface area contributed by atoms with Crippen LogP contribution in [0.4, 0.5) is 0 Å². The maximum Gasteiger partial charge on any atom is 0.303 e. The average Bonchev–Trinajstić information content (AvgIpc) is 2.55. The molecule has 2 aromatic rings. The number of carbonyl (C=O) groups excluding carboxylic acids is 1. The lowest BCUT2D eigenvalue weighted by molar-refractivity contribution is -0.136. The van der Waals surface area contributed by atoms with Crippen LogP contribution in [0.25, 0.3) is 0 Å². The standard InChI is InChI=1S/C18H18O5/c1-2-22-17-10-8-14(23-13-6-4-3-5-7-13)12-15(17)16(19)9-11-18(20)21/h3-8,10,12H,2,9,11H2,1H3,(H,20,21). The molecule has 0 bridgehead atoms. The zero-order valence-corrected chi connectivity index (χ0v) is 12.8. The van der Waals surface area contributed by atoms with Gasteiger partial charge < -0.3 is 14.6 Å². The third kappa shape index (κ3) is 4.85. The summed E-state index contributed by atoms with van der Waals surface area (Å²) in [7, 11) is 0. The molecule has 0 atom stereocenters. The first kappa shape index (κ1) is 16.5. The summed E-state index contributed by atoms with van der Waals surface area (Å²) >= 11 is 0. The van der Waals surface area contributed by atoms with Crippen molar-refractivity contribution >= 4 is 11.8 Å². The molecule has 0 heterocycles. The summed E-state index contributed by atoms with van der Waals surface area (Å²) in [6.45, 7) is 2.23. The van der Waals surface area contributed by atoms with Gasteiger partial charge in [0, 0.05) is 6.42 Å². The minimum atomic E-state index is -1.01. The Kier molecular flexibility index (Phi) is 5.74. The van der Waals surface area contributed by atoms with Gasteiger partial charge in [-0.1, -0.05) is 18.2 Å². The predicted molar refractivity (Wildman–Crippen MR) is 85.3 cm³/mol. The molecule has 0 saturated carbocycles. The SMILES string of the molecule is CCOc1ccc(Oc2ccccc2)cc1C(=O)CCC(=O)O. The highest BCUT2D eigenvalue weighted by Crippen LogP contribution is 2.29. The molecular formula is C18H18O5. The number of ether oxygens (including phenoxy) is 2. The lowest BCUT2D eigenvalue weighted by atomic mass is 10.0. The van der Waals surface area contributed by atoms with Gasteiger partial charge in [0.15, 0.2) is 5.78 Å². The Morgan fingerprint density at radius 3 is 2.39 bits per heavy atom. The summed E-state index contributed by atoms with van der Waals surface area (Å²) in [5, 5.41) is 8.72. The topological polar surface area (TPSA) is 72.8 Å². The van der Waals surface area contributed by atoms with Gasteiger partial charge in [-0.2, -0.15) is 0 Å². The number of hydrogen-bond donors (Lipinski definition) is 1. The molecule has 0 aromatic heterocycles. The Morgan fingerprint density at radius 1 is 1.00 bits per heavy atom. The highest BCUT2D eigenvalue weighted by Gasteiger charge is 2.15. The van der Waals surface area contributed by atoms with Crippen LogP contribution in [-0.2, 0) is 4.79 Å². The molecule has 2 aromatic carbocycles. The first-order valence-corrected chi connectivity index (χ1v) is 7.35. The molecule has 2 rings (SSSR count). The number of carboxylic acids is 1. The van der Waals surface area contributed by atoms with Gasteiger partial charge in [0.05, 0.1) is 18.6 Å². The number of hydrogen-bond acceptors (Lipinski definition) is 4. The van der Waals surface area contributed by atoms with E-state index in [1.165, 1.54) is 0 Å². The third-order valence-electron chi connectivity index (χ3n) is 3.10. The van der Waals surface area contributed by atoms with Crippen molar-refractivity contribution in [1.29, 1.82) is 0 Å². The van der Waals surface area contributed by atoms with Crippen molar-refractivity contribution in [3.8, 4) is 17.2 Å². The highest BCUT2D eigenvalue weighted by molar-refractivity contribution is 6.00. The van der Waals surface area contributed by atoms with Crippen molar-refractivity contribution in [2.24, 2.45) is 0 Å². The summed E-state index contributed by atoms with van der Waals surface area (Å²) in [5.41, 5.74) is 0.335. The average molecular weight is 314 g/mol. The normalized spacial score (nSPS) is 10.1. The van der Waals surface area contributed by atoms with Gasteiger partial charge in [-0.15, -0.1) is 0 Å². The zero-order valence-electron chi connectivity index (χ0n) is 12.8. The third-order valence-corrected chi connectivity index (χ3v) is 3.10. The van der Waals surface area contributed by atoms with Gasteiger partial charge in [-0.25, -0.2) is 0 Å². The van der Waals surface area contributed by atoms with Crippen molar-refractivity contribution < 1.29 is 24.2 Å². The summed E-state index contributed by atoms with van der Waals surface area (Å²) in [6, 6.07) is 14.2. The van der Waals surface area contributed by atoms with E-state index in [1.807, 2.05) is 37.3 Å². The van der Waals surface area contributed by atoms with Gasteiger partial charge in [-0.3, -0.25) is 9.59 Å². The number of carboxylic acid groups (broad SMARTS) is 1. The Balaban J connectivity index is 2.24. The van der Waals surface area contributed by atoms with Crippen LogP contribution in [0.15, 0.2) is 48.5 Å². The molecule has 1 N–H and O–H groups in total. The number of benzene rings is 2. The fourth-order valence-corrected chi connectivity index (χ4v) is 2.05. The van der Waals surface area contributed by atoms with Crippen LogP contribution in [0, 0.1) is 0 Å². The first-order valence-electron chi connectivity index (χ1n) is 7.35. The Labute approximate surface area is 134 Å². The van der Waals surface area contributed by atoms with E-state index >= 15 is 0 Å². The van der Waals surface area contributed by atoms with Crippen molar-refractivity contribution in [3.63, 3.8) is 0 Å². The van der Waals surface area contributed by atoms with E-state index in [4.69, 9.17) is 14.6 Å². The number of para-hydroxylation sites is 1. The van der Waals surface area contributed by atoms with Gasteiger partial charge in [0.2, 0.25) is 0 Å². The van der Waals surface area contributed by atoms with Gasteiger partial charge >= 0.3 is 5.97 Å². The lowest BCUT2D eigenvalue weighted by Crippen LogP contribution is -2.07. The summed E-state index contributed by atoms with van der Waals surface area (Å²) in [4.78, 5) is 22.9.